The van der Waals surface area contributed by atoms with Crippen LogP contribution in [0.2, 0.25) is 5.02 Å². The molecule has 1 atom stereocenters. The van der Waals surface area contributed by atoms with Crippen molar-refractivity contribution in [2.45, 2.75) is 13.0 Å². The molecule has 1 aliphatic rings. The molecule has 0 spiro atoms. The lowest BCUT2D eigenvalue weighted by molar-refractivity contribution is -0.128. The van der Waals surface area contributed by atoms with Crippen LogP contribution in [0.25, 0.3) is 0 Å². The molecule has 3 nitrogen and oxygen atoms in total. The van der Waals surface area contributed by atoms with E-state index in [1.807, 2.05) is 29.2 Å². The molecule has 1 unspecified atom stereocenters. The van der Waals surface area contributed by atoms with E-state index in [4.69, 9.17) is 11.6 Å². The molecule has 1 amide bonds. The van der Waals surface area contributed by atoms with Crippen molar-refractivity contribution in [1.82, 2.24) is 4.90 Å². The molecule has 0 N–H and O–H groups in total. The summed E-state index contributed by atoms with van der Waals surface area (Å²) in [7, 11) is 0. The van der Waals surface area contributed by atoms with E-state index in [0.717, 1.165) is 30.3 Å². The van der Waals surface area contributed by atoms with E-state index in [9.17, 15) is 4.79 Å². The lowest BCUT2D eigenvalue weighted by Crippen LogP contribution is -2.53. The van der Waals surface area contributed by atoms with Gasteiger partial charge < -0.3 is 9.80 Å². The van der Waals surface area contributed by atoms with E-state index in [0.29, 0.717) is 0 Å². The molecule has 4 heteroatoms. The average molecular weight is 265 g/mol. The minimum absolute atomic E-state index is 0.00763. The Bertz CT molecular complexity index is 461. The van der Waals surface area contributed by atoms with Gasteiger partial charge in [0.05, 0.1) is 0 Å². The Morgan fingerprint density at radius 2 is 2.28 bits per heavy atom. The topological polar surface area (TPSA) is 23.6 Å². The third-order valence-corrected chi connectivity index (χ3v) is 3.49. The lowest BCUT2D eigenvalue weighted by Gasteiger charge is -2.40. The summed E-state index contributed by atoms with van der Waals surface area (Å²) in [6.45, 7) is 7.95. The Morgan fingerprint density at radius 1 is 1.50 bits per heavy atom. The Hall–Kier alpha value is -1.48. The highest BCUT2D eigenvalue weighted by atomic mass is 35.5. The minimum Gasteiger partial charge on any atom is -0.368 e. The highest BCUT2D eigenvalue weighted by Gasteiger charge is 2.26. The first-order valence-electron chi connectivity index (χ1n) is 6.05. The molecule has 0 aliphatic carbocycles. The summed E-state index contributed by atoms with van der Waals surface area (Å²) < 4.78 is 0. The summed E-state index contributed by atoms with van der Waals surface area (Å²) in [5.74, 6) is 0.00763. The number of carbonyl (C=O) groups is 1. The van der Waals surface area contributed by atoms with Crippen LogP contribution in [0.5, 0.6) is 0 Å². The molecule has 1 saturated heterocycles. The van der Waals surface area contributed by atoms with Gasteiger partial charge in [0.1, 0.15) is 0 Å². The summed E-state index contributed by atoms with van der Waals surface area (Å²) in [6, 6.07) is 8.00. The Balaban J connectivity index is 2.08. The largest absolute Gasteiger partial charge is 0.368 e. The first kappa shape index (κ1) is 13.0. The third kappa shape index (κ3) is 2.67. The van der Waals surface area contributed by atoms with Gasteiger partial charge in [-0.25, -0.2) is 0 Å². The molecule has 0 radical (unpaired) electrons. The minimum atomic E-state index is 0.00763. The van der Waals surface area contributed by atoms with Crippen molar-refractivity contribution in [2.75, 3.05) is 24.5 Å². The smallest absolute Gasteiger partial charge is 0.246 e. The Labute approximate surface area is 113 Å². The number of nitrogens with zero attached hydrogens (tertiary/aromatic N) is 2. The number of amides is 1. The van der Waals surface area contributed by atoms with Gasteiger partial charge in [-0.3, -0.25) is 4.79 Å². The molecule has 1 aromatic rings. The van der Waals surface area contributed by atoms with Gasteiger partial charge in [0.2, 0.25) is 5.91 Å². The van der Waals surface area contributed by atoms with E-state index in [2.05, 4.69) is 18.4 Å². The van der Waals surface area contributed by atoms with Crippen LogP contribution in [0.1, 0.15) is 6.92 Å². The van der Waals surface area contributed by atoms with Crippen molar-refractivity contribution in [1.29, 1.82) is 0 Å². The maximum absolute atomic E-state index is 11.6. The van der Waals surface area contributed by atoms with Crippen molar-refractivity contribution in [3.05, 3.63) is 41.9 Å². The molecular formula is C14H17ClN2O. The molecular weight excluding hydrogens is 248 g/mol. The second-order valence-electron chi connectivity index (χ2n) is 4.51. The molecule has 0 saturated carbocycles. The molecule has 18 heavy (non-hydrogen) atoms. The van der Waals surface area contributed by atoms with Crippen molar-refractivity contribution in [3.63, 3.8) is 0 Å². The van der Waals surface area contributed by atoms with E-state index < -0.39 is 0 Å². The van der Waals surface area contributed by atoms with Crippen LogP contribution in [-0.4, -0.2) is 36.5 Å². The molecule has 0 aromatic heterocycles. The fourth-order valence-electron chi connectivity index (χ4n) is 2.31. The van der Waals surface area contributed by atoms with Gasteiger partial charge in [0.25, 0.3) is 0 Å². The van der Waals surface area contributed by atoms with Gasteiger partial charge >= 0.3 is 0 Å². The summed E-state index contributed by atoms with van der Waals surface area (Å²) in [5, 5.41) is 0.741. The van der Waals surface area contributed by atoms with Gasteiger partial charge in [-0.05, 0) is 31.2 Å². The number of hydrogen-bond donors (Lipinski definition) is 0. The first-order chi connectivity index (χ1) is 8.61. The van der Waals surface area contributed by atoms with Crippen LogP contribution >= 0.6 is 11.6 Å². The van der Waals surface area contributed by atoms with Crippen LogP contribution in [-0.2, 0) is 4.79 Å². The highest BCUT2D eigenvalue weighted by Crippen LogP contribution is 2.22. The van der Waals surface area contributed by atoms with Gasteiger partial charge in [0, 0.05) is 36.4 Å². The predicted octanol–water partition coefficient (Wildman–Crippen LogP) is 2.56. The summed E-state index contributed by atoms with van der Waals surface area (Å²) in [6.07, 6.45) is 1.38. The normalized spacial score (nSPS) is 19.8. The summed E-state index contributed by atoms with van der Waals surface area (Å²) in [5.41, 5.74) is 1.11. The molecule has 0 bridgehead atoms. The van der Waals surface area contributed by atoms with Crippen molar-refractivity contribution >= 4 is 23.2 Å². The van der Waals surface area contributed by atoms with Gasteiger partial charge in [-0.15, -0.1) is 0 Å². The SMILES string of the molecule is C=CC(=O)N1CCN(c2cccc(Cl)c2)CC1C. The first-order valence-corrected chi connectivity index (χ1v) is 6.43. The van der Waals surface area contributed by atoms with Gasteiger partial charge in [0.15, 0.2) is 0 Å². The summed E-state index contributed by atoms with van der Waals surface area (Å²) in [4.78, 5) is 15.8. The Kier molecular flexibility index (Phi) is 3.92. The number of rotatable bonds is 2. The average Bonchev–Trinajstić information content (AvgIpc) is 2.37. The predicted molar refractivity (Wildman–Crippen MR) is 75.0 cm³/mol. The second-order valence-corrected chi connectivity index (χ2v) is 4.95. The number of benzene rings is 1. The zero-order chi connectivity index (χ0) is 13.1. The number of hydrogen-bond acceptors (Lipinski definition) is 2. The fourth-order valence-corrected chi connectivity index (χ4v) is 2.49. The Morgan fingerprint density at radius 3 is 2.89 bits per heavy atom. The maximum atomic E-state index is 11.6. The number of piperazine rings is 1. The van der Waals surface area contributed by atoms with Crippen molar-refractivity contribution in [2.24, 2.45) is 0 Å². The maximum Gasteiger partial charge on any atom is 0.246 e. The molecule has 1 heterocycles. The number of halogens is 1. The second kappa shape index (κ2) is 5.44. The molecule has 1 aliphatic heterocycles. The third-order valence-electron chi connectivity index (χ3n) is 3.26. The molecule has 2 rings (SSSR count). The zero-order valence-corrected chi connectivity index (χ0v) is 11.2. The fraction of sp³-hybridized carbons (Fsp3) is 0.357. The molecule has 1 fully saturated rings. The van der Waals surface area contributed by atoms with Crippen LogP contribution in [0, 0.1) is 0 Å². The standard InChI is InChI=1S/C14H17ClN2O/c1-3-14(18)17-8-7-16(10-11(17)2)13-6-4-5-12(15)9-13/h3-6,9,11H,1,7-8,10H2,2H3. The van der Waals surface area contributed by atoms with Crippen LogP contribution in [0.15, 0.2) is 36.9 Å². The van der Waals surface area contributed by atoms with Crippen molar-refractivity contribution in [3.8, 4) is 0 Å². The lowest BCUT2D eigenvalue weighted by atomic mass is 10.1. The van der Waals surface area contributed by atoms with E-state index in [1.54, 1.807) is 0 Å². The highest BCUT2D eigenvalue weighted by molar-refractivity contribution is 6.30. The number of anilines is 1. The molecule has 96 valence electrons. The number of carbonyl (C=O) groups excluding carboxylic acids is 1. The van der Waals surface area contributed by atoms with Gasteiger partial charge in [-0.2, -0.15) is 0 Å². The quantitative estimate of drug-likeness (QED) is 0.767. The van der Waals surface area contributed by atoms with E-state index in [-0.39, 0.29) is 11.9 Å². The van der Waals surface area contributed by atoms with Crippen LogP contribution < -0.4 is 4.90 Å². The summed E-state index contributed by atoms with van der Waals surface area (Å²) >= 11 is 6.00. The van der Waals surface area contributed by atoms with E-state index >= 15 is 0 Å². The zero-order valence-electron chi connectivity index (χ0n) is 10.5. The van der Waals surface area contributed by atoms with Crippen LogP contribution in [0.3, 0.4) is 0 Å². The van der Waals surface area contributed by atoms with E-state index in [1.165, 1.54) is 6.08 Å². The van der Waals surface area contributed by atoms with Crippen molar-refractivity contribution < 1.29 is 4.79 Å². The van der Waals surface area contributed by atoms with Gasteiger partial charge in [-0.1, -0.05) is 24.2 Å². The van der Waals surface area contributed by atoms with Crippen LogP contribution in [0.4, 0.5) is 5.69 Å². The monoisotopic (exact) mass is 264 g/mol. The molecule has 1 aromatic carbocycles.